The number of nitrogens with zero attached hydrogens (tertiary/aromatic N) is 1. The topological polar surface area (TPSA) is 75.7 Å². The third-order valence-corrected chi connectivity index (χ3v) is 7.32. The number of rotatable bonds is 7. The van der Waals surface area contributed by atoms with Crippen molar-refractivity contribution >= 4 is 50.7 Å². The lowest BCUT2D eigenvalue weighted by atomic mass is 10.1. The minimum atomic E-state index is -0.389. The molecule has 0 aliphatic carbocycles. The number of benzene rings is 1. The summed E-state index contributed by atoms with van der Waals surface area (Å²) in [4.78, 5) is 37.3. The monoisotopic (exact) mass is 394 g/mol. The number of hydrogen-bond donors (Lipinski definition) is 1. The highest BCUT2D eigenvalue weighted by Crippen LogP contribution is 2.39. The molecule has 2 heterocycles. The molecule has 26 heavy (non-hydrogen) atoms. The lowest BCUT2D eigenvalue weighted by Gasteiger charge is -2.28. The maximum Gasteiger partial charge on any atom is 0.306 e. The Bertz CT molecular complexity index is 677. The van der Waals surface area contributed by atoms with E-state index in [4.69, 9.17) is 4.74 Å². The van der Waals surface area contributed by atoms with Gasteiger partial charge in [0.25, 0.3) is 5.91 Å². The normalized spacial score (nSPS) is 19.0. The number of unbranched alkanes of at least 4 members (excludes halogenated alkanes) is 1. The lowest BCUT2D eigenvalue weighted by molar-refractivity contribution is -0.148. The van der Waals surface area contributed by atoms with Crippen molar-refractivity contribution in [1.29, 1.82) is 0 Å². The van der Waals surface area contributed by atoms with E-state index in [1.165, 1.54) is 17.1 Å². The van der Waals surface area contributed by atoms with Crippen molar-refractivity contribution in [2.24, 2.45) is 0 Å². The number of hydrogen-bond acceptors (Lipinski definition) is 6. The number of esters is 1. The maximum absolute atomic E-state index is 12.4. The van der Waals surface area contributed by atoms with Gasteiger partial charge in [0.05, 0.1) is 11.4 Å². The predicted octanol–water partition coefficient (Wildman–Crippen LogP) is 3.23. The number of amides is 2. The van der Waals surface area contributed by atoms with Crippen LogP contribution in [0.4, 0.5) is 11.4 Å². The summed E-state index contributed by atoms with van der Waals surface area (Å²) >= 11 is 0. The van der Waals surface area contributed by atoms with Crippen molar-refractivity contribution in [2.45, 2.75) is 37.4 Å². The fourth-order valence-corrected chi connectivity index (χ4v) is 5.98. The van der Waals surface area contributed by atoms with E-state index >= 15 is 0 Å². The second-order valence-electron chi connectivity index (χ2n) is 6.28. The first-order chi connectivity index (χ1) is 12.6. The van der Waals surface area contributed by atoms with E-state index in [2.05, 4.69) is 5.32 Å². The van der Waals surface area contributed by atoms with Crippen LogP contribution < -0.4 is 10.2 Å². The van der Waals surface area contributed by atoms with Gasteiger partial charge in [-0.05, 0) is 31.4 Å². The predicted molar refractivity (Wildman–Crippen MR) is 105 cm³/mol. The number of anilines is 2. The molecule has 2 aliphatic rings. The van der Waals surface area contributed by atoms with Crippen LogP contribution in [-0.4, -0.2) is 41.9 Å². The molecule has 1 aromatic rings. The van der Waals surface area contributed by atoms with Gasteiger partial charge in [0.1, 0.15) is 6.54 Å². The molecule has 0 aromatic heterocycles. The molecule has 2 amide bonds. The molecule has 1 saturated heterocycles. The zero-order valence-corrected chi connectivity index (χ0v) is 16.1. The molecule has 0 bridgehead atoms. The Balaban J connectivity index is 1.40. The van der Waals surface area contributed by atoms with E-state index in [1.807, 2.05) is 21.6 Å². The van der Waals surface area contributed by atoms with Crippen LogP contribution in [0.25, 0.3) is 0 Å². The number of ether oxygens (including phenoxy) is 1. The van der Waals surface area contributed by atoms with Crippen molar-refractivity contribution in [1.82, 2.24) is 0 Å². The third-order valence-electron chi connectivity index (χ3n) is 4.31. The molecule has 0 spiro atoms. The van der Waals surface area contributed by atoms with Crippen LogP contribution in [0.2, 0.25) is 0 Å². The summed E-state index contributed by atoms with van der Waals surface area (Å²) in [5, 5.41) is 3.43. The highest BCUT2D eigenvalue weighted by Gasteiger charge is 2.27. The van der Waals surface area contributed by atoms with Crippen LogP contribution in [0.15, 0.2) is 24.3 Å². The number of fused-ring (bicyclic) bond motifs is 1. The smallest absolute Gasteiger partial charge is 0.306 e. The summed E-state index contributed by atoms with van der Waals surface area (Å²) in [5.74, 6) is 0.213. The van der Waals surface area contributed by atoms with Gasteiger partial charge in [-0.2, -0.15) is 0 Å². The number of para-hydroxylation sites is 2. The lowest BCUT2D eigenvalue weighted by Crippen LogP contribution is -2.44. The van der Waals surface area contributed by atoms with E-state index < -0.39 is 0 Å². The fraction of sp³-hybridized carbons (Fsp3) is 0.500. The van der Waals surface area contributed by atoms with Gasteiger partial charge in [0.2, 0.25) is 5.91 Å². The van der Waals surface area contributed by atoms with Gasteiger partial charge < -0.3 is 10.1 Å². The Morgan fingerprint density at radius 2 is 2.12 bits per heavy atom. The van der Waals surface area contributed by atoms with Crippen molar-refractivity contribution in [3.63, 3.8) is 0 Å². The quantitative estimate of drug-likeness (QED) is 0.435. The summed E-state index contributed by atoms with van der Waals surface area (Å²) in [6.45, 7) is -0.403. The molecule has 1 atom stereocenters. The summed E-state index contributed by atoms with van der Waals surface area (Å²) in [7, 11) is 3.86. The van der Waals surface area contributed by atoms with Gasteiger partial charge in [0.15, 0.2) is 6.61 Å². The van der Waals surface area contributed by atoms with Crippen LogP contribution in [0.1, 0.15) is 32.1 Å². The Kier molecular flexibility index (Phi) is 6.85. The highest BCUT2D eigenvalue weighted by atomic mass is 33.1. The molecule has 1 aromatic carbocycles. The number of carbonyl (C=O) groups is 3. The van der Waals surface area contributed by atoms with Crippen molar-refractivity contribution < 1.29 is 19.1 Å². The molecular formula is C18H22N2O4S2. The maximum atomic E-state index is 12.4. The third kappa shape index (κ3) is 5.17. The fourth-order valence-electron chi connectivity index (χ4n) is 2.95. The van der Waals surface area contributed by atoms with E-state index in [9.17, 15) is 14.4 Å². The van der Waals surface area contributed by atoms with Crippen LogP contribution in [0.5, 0.6) is 0 Å². The Hall–Kier alpha value is -1.67. The highest BCUT2D eigenvalue weighted by molar-refractivity contribution is 8.77. The molecule has 0 unspecified atom stereocenters. The van der Waals surface area contributed by atoms with E-state index in [0.717, 1.165) is 19.3 Å². The second kappa shape index (κ2) is 9.32. The van der Waals surface area contributed by atoms with Crippen LogP contribution >= 0.6 is 21.6 Å². The van der Waals surface area contributed by atoms with E-state index in [1.54, 1.807) is 24.3 Å². The van der Waals surface area contributed by atoms with Gasteiger partial charge >= 0.3 is 5.97 Å². The minimum Gasteiger partial charge on any atom is -0.456 e. The SMILES string of the molecule is O=C1CN(C(=O)COC(=O)CCCC[C@H]2CCSS2)c2ccccc2N1. The zero-order chi connectivity index (χ0) is 18.4. The molecule has 0 radical (unpaired) electrons. The minimum absolute atomic E-state index is 0.0650. The van der Waals surface area contributed by atoms with Gasteiger partial charge in [0, 0.05) is 17.4 Å². The number of nitrogens with one attached hydrogen (secondary N) is 1. The average Bonchev–Trinajstić information content (AvgIpc) is 3.16. The number of carbonyl (C=O) groups excluding carboxylic acids is 3. The molecule has 6 nitrogen and oxygen atoms in total. The first-order valence-corrected chi connectivity index (χ1v) is 11.1. The average molecular weight is 395 g/mol. The molecule has 8 heteroatoms. The molecule has 0 saturated carbocycles. The Labute approximate surface area is 160 Å². The van der Waals surface area contributed by atoms with Crippen molar-refractivity contribution in [3.8, 4) is 0 Å². The molecular weight excluding hydrogens is 372 g/mol. The van der Waals surface area contributed by atoms with E-state index in [-0.39, 0.29) is 30.9 Å². The zero-order valence-electron chi connectivity index (χ0n) is 14.4. The summed E-state index contributed by atoms with van der Waals surface area (Å²) in [6.07, 6.45) is 4.49. The second-order valence-corrected chi connectivity index (χ2v) is 9.07. The van der Waals surface area contributed by atoms with Crippen LogP contribution in [0.3, 0.4) is 0 Å². The van der Waals surface area contributed by atoms with Gasteiger partial charge in [-0.1, -0.05) is 40.1 Å². The summed E-state index contributed by atoms with van der Waals surface area (Å²) in [6, 6.07) is 7.08. The summed E-state index contributed by atoms with van der Waals surface area (Å²) in [5.41, 5.74) is 1.21. The van der Waals surface area contributed by atoms with Gasteiger partial charge in [-0.3, -0.25) is 19.3 Å². The molecule has 1 fully saturated rings. The van der Waals surface area contributed by atoms with Crippen LogP contribution in [0, 0.1) is 0 Å². The molecule has 3 rings (SSSR count). The molecule has 2 aliphatic heterocycles. The van der Waals surface area contributed by atoms with E-state index in [0.29, 0.717) is 23.0 Å². The van der Waals surface area contributed by atoms with Gasteiger partial charge in [-0.25, -0.2) is 0 Å². The van der Waals surface area contributed by atoms with Crippen molar-refractivity contribution in [3.05, 3.63) is 24.3 Å². The Morgan fingerprint density at radius 1 is 1.27 bits per heavy atom. The first-order valence-electron chi connectivity index (χ1n) is 8.76. The first kappa shape index (κ1) is 19.1. The van der Waals surface area contributed by atoms with Gasteiger partial charge in [-0.15, -0.1) is 0 Å². The van der Waals surface area contributed by atoms with Crippen LogP contribution in [-0.2, 0) is 19.1 Å². The molecule has 1 N–H and O–H groups in total. The van der Waals surface area contributed by atoms with Crippen molar-refractivity contribution in [2.75, 3.05) is 29.1 Å². The Morgan fingerprint density at radius 3 is 2.92 bits per heavy atom. The molecule has 140 valence electrons. The largest absolute Gasteiger partial charge is 0.456 e. The summed E-state index contributed by atoms with van der Waals surface area (Å²) < 4.78 is 5.11. The standard InChI is InChI=1S/C18H22N2O4S2/c21-16-11-20(15-7-3-2-6-14(15)19-16)17(22)12-24-18(23)8-4-1-5-13-9-10-25-26-13/h2-3,6-7,13H,1,4-5,8-12H2,(H,19,21)/t13-/m0/s1.